The fourth-order valence-electron chi connectivity index (χ4n) is 1.32. The van der Waals surface area contributed by atoms with Gasteiger partial charge in [0.05, 0.1) is 18.7 Å². The van der Waals surface area contributed by atoms with E-state index in [9.17, 15) is 9.59 Å². The lowest BCUT2D eigenvalue weighted by Crippen LogP contribution is -2.40. The number of pyridine rings is 1. The van der Waals surface area contributed by atoms with E-state index in [4.69, 9.17) is 28.3 Å². The van der Waals surface area contributed by atoms with Crippen molar-refractivity contribution < 1.29 is 9.59 Å². The van der Waals surface area contributed by atoms with Crippen LogP contribution in [0.1, 0.15) is 5.56 Å². The van der Waals surface area contributed by atoms with Gasteiger partial charge in [0.25, 0.3) is 0 Å². The summed E-state index contributed by atoms with van der Waals surface area (Å²) in [5, 5.41) is 8.87. The molecule has 0 radical (unpaired) electrons. The minimum Gasteiger partial charge on any atom is -0.368 e. The van der Waals surface area contributed by atoms with Crippen LogP contribution in [0.3, 0.4) is 0 Å². The first kappa shape index (κ1) is 13.7. The largest absolute Gasteiger partial charge is 0.368 e. The molecule has 1 aromatic rings. The fourth-order valence-corrected chi connectivity index (χ4v) is 1.59. The summed E-state index contributed by atoms with van der Waals surface area (Å²) in [6.07, 6.45) is 1.34. The number of carbonyl (C=O) groups is 2. The molecule has 0 saturated heterocycles. The number of aromatic nitrogens is 1. The molecule has 4 N–H and O–H groups in total. The van der Waals surface area contributed by atoms with Gasteiger partial charge in [0.1, 0.15) is 16.9 Å². The molecule has 94 valence electrons. The lowest BCUT2D eigenvalue weighted by Gasteiger charge is -2.21. The van der Waals surface area contributed by atoms with Crippen LogP contribution in [0.4, 0.5) is 5.82 Å². The number of amides is 2. The predicted octanol–water partition coefficient (Wildman–Crippen LogP) is -0.616. The number of hydrogen-bond acceptors (Lipinski definition) is 5. The highest BCUT2D eigenvalue weighted by molar-refractivity contribution is 6.34. The van der Waals surface area contributed by atoms with Gasteiger partial charge < -0.3 is 16.4 Å². The molecular weight excluding hydrogens is 258 g/mol. The van der Waals surface area contributed by atoms with Gasteiger partial charge in [0.2, 0.25) is 11.8 Å². The van der Waals surface area contributed by atoms with Crippen molar-refractivity contribution in [3.8, 4) is 6.07 Å². The minimum atomic E-state index is -0.670. The molecule has 0 aromatic carbocycles. The number of anilines is 1. The molecule has 1 aromatic heterocycles. The van der Waals surface area contributed by atoms with E-state index in [1.54, 1.807) is 0 Å². The van der Waals surface area contributed by atoms with Gasteiger partial charge in [-0.15, -0.1) is 0 Å². The third-order valence-corrected chi connectivity index (χ3v) is 2.36. The summed E-state index contributed by atoms with van der Waals surface area (Å²) < 4.78 is 0. The third kappa shape index (κ3) is 3.33. The standard InChI is InChI=1S/C10H10ClN5O2/c11-9-6(3-12)1-2-15-10(9)16(4-7(13)17)5-8(14)18/h1-2H,4-5H2,(H2,13,17)(H2,14,18). The molecule has 0 aliphatic heterocycles. The van der Waals surface area contributed by atoms with E-state index in [0.717, 1.165) is 0 Å². The zero-order valence-electron chi connectivity index (χ0n) is 9.26. The molecule has 1 rings (SSSR count). The highest BCUT2D eigenvalue weighted by Gasteiger charge is 2.18. The van der Waals surface area contributed by atoms with Gasteiger partial charge in [-0.3, -0.25) is 9.59 Å². The quantitative estimate of drug-likeness (QED) is 0.735. The number of nitriles is 1. The van der Waals surface area contributed by atoms with Crippen molar-refractivity contribution in [2.75, 3.05) is 18.0 Å². The van der Waals surface area contributed by atoms with E-state index in [1.807, 2.05) is 6.07 Å². The number of halogens is 1. The van der Waals surface area contributed by atoms with Crippen LogP contribution in [0.2, 0.25) is 5.02 Å². The van der Waals surface area contributed by atoms with Crippen molar-refractivity contribution in [2.45, 2.75) is 0 Å². The maximum atomic E-state index is 10.9. The normalized spacial score (nSPS) is 9.56. The lowest BCUT2D eigenvalue weighted by atomic mass is 10.2. The van der Waals surface area contributed by atoms with Gasteiger partial charge >= 0.3 is 0 Å². The maximum Gasteiger partial charge on any atom is 0.237 e. The number of rotatable bonds is 5. The number of nitrogens with two attached hydrogens (primary N) is 2. The monoisotopic (exact) mass is 267 g/mol. The first-order valence-electron chi connectivity index (χ1n) is 4.82. The van der Waals surface area contributed by atoms with Gasteiger partial charge in [-0.2, -0.15) is 5.26 Å². The van der Waals surface area contributed by atoms with Crippen LogP contribution in [0, 0.1) is 11.3 Å². The van der Waals surface area contributed by atoms with Crippen molar-refractivity contribution in [3.63, 3.8) is 0 Å². The Balaban J connectivity index is 3.16. The van der Waals surface area contributed by atoms with Gasteiger partial charge in [-0.1, -0.05) is 11.6 Å². The van der Waals surface area contributed by atoms with E-state index < -0.39 is 11.8 Å². The Bertz CT molecular complexity index is 509. The van der Waals surface area contributed by atoms with Gasteiger partial charge in [-0.25, -0.2) is 4.98 Å². The first-order valence-corrected chi connectivity index (χ1v) is 5.19. The summed E-state index contributed by atoms with van der Waals surface area (Å²) >= 11 is 5.94. The van der Waals surface area contributed by atoms with Crippen molar-refractivity contribution in [3.05, 3.63) is 22.8 Å². The molecule has 8 heteroatoms. The van der Waals surface area contributed by atoms with E-state index in [0.29, 0.717) is 0 Å². The second-order valence-corrected chi connectivity index (χ2v) is 3.77. The maximum absolute atomic E-state index is 10.9. The summed E-state index contributed by atoms with van der Waals surface area (Å²) in [6.45, 7) is -0.547. The highest BCUT2D eigenvalue weighted by Crippen LogP contribution is 2.25. The predicted molar refractivity (Wildman–Crippen MR) is 64.6 cm³/mol. The Labute approximate surface area is 108 Å². The number of carbonyl (C=O) groups excluding carboxylic acids is 2. The molecule has 0 atom stereocenters. The van der Waals surface area contributed by atoms with Gasteiger partial charge in [0, 0.05) is 6.20 Å². The van der Waals surface area contributed by atoms with Crippen molar-refractivity contribution in [2.24, 2.45) is 11.5 Å². The first-order chi connectivity index (χ1) is 8.45. The Morgan fingerprint density at radius 2 is 1.94 bits per heavy atom. The molecule has 0 fully saturated rings. The topological polar surface area (TPSA) is 126 Å². The lowest BCUT2D eigenvalue weighted by molar-refractivity contribution is -0.117. The van der Waals surface area contributed by atoms with Crippen LogP contribution in [-0.4, -0.2) is 29.9 Å². The number of hydrogen-bond donors (Lipinski definition) is 2. The van der Waals surface area contributed by atoms with Crippen LogP contribution < -0.4 is 16.4 Å². The highest BCUT2D eigenvalue weighted by atomic mass is 35.5. The zero-order chi connectivity index (χ0) is 13.7. The molecule has 0 saturated carbocycles. The van der Waals surface area contributed by atoms with Crippen molar-refractivity contribution >= 4 is 29.2 Å². The van der Waals surface area contributed by atoms with Crippen LogP contribution in [-0.2, 0) is 9.59 Å². The van der Waals surface area contributed by atoms with Crippen LogP contribution in [0.15, 0.2) is 12.3 Å². The average molecular weight is 268 g/mol. The Kier molecular flexibility index (Phi) is 4.45. The second-order valence-electron chi connectivity index (χ2n) is 3.40. The van der Waals surface area contributed by atoms with Crippen molar-refractivity contribution in [1.29, 1.82) is 5.26 Å². The second kappa shape index (κ2) is 5.84. The zero-order valence-corrected chi connectivity index (χ0v) is 10.0. The van der Waals surface area contributed by atoms with E-state index in [1.165, 1.54) is 17.2 Å². The number of primary amides is 2. The summed E-state index contributed by atoms with van der Waals surface area (Å²) in [7, 11) is 0. The SMILES string of the molecule is N#Cc1ccnc(N(CC(N)=O)CC(N)=O)c1Cl. The van der Waals surface area contributed by atoms with Crippen LogP contribution in [0.5, 0.6) is 0 Å². The Morgan fingerprint density at radius 1 is 1.39 bits per heavy atom. The molecule has 18 heavy (non-hydrogen) atoms. The Hall–Kier alpha value is -2.33. The molecule has 1 heterocycles. The van der Waals surface area contributed by atoms with Crippen LogP contribution in [0.25, 0.3) is 0 Å². The van der Waals surface area contributed by atoms with Gasteiger partial charge in [-0.05, 0) is 6.07 Å². The van der Waals surface area contributed by atoms with E-state index in [2.05, 4.69) is 4.98 Å². The third-order valence-electron chi connectivity index (χ3n) is 1.98. The summed E-state index contributed by atoms with van der Waals surface area (Å²) in [5.41, 5.74) is 10.3. The van der Waals surface area contributed by atoms with E-state index >= 15 is 0 Å². The molecule has 0 aliphatic carbocycles. The average Bonchev–Trinajstić information content (AvgIpc) is 2.27. The number of nitrogens with zero attached hydrogens (tertiary/aromatic N) is 3. The van der Waals surface area contributed by atoms with E-state index in [-0.39, 0.29) is 29.5 Å². The summed E-state index contributed by atoms with van der Waals surface area (Å²) in [4.78, 5) is 27.0. The Morgan fingerprint density at radius 3 is 2.39 bits per heavy atom. The molecule has 0 bridgehead atoms. The smallest absolute Gasteiger partial charge is 0.237 e. The van der Waals surface area contributed by atoms with Crippen molar-refractivity contribution in [1.82, 2.24) is 4.98 Å². The molecule has 2 amide bonds. The fraction of sp³-hybridized carbons (Fsp3) is 0.200. The van der Waals surface area contributed by atoms with Crippen LogP contribution >= 0.6 is 11.6 Å². The molecule has 7 nitrogen and oxygen atoms in total. The molecule has 0 aliphatic rings. The van der Waals surface area contributed by atoms with Gasteiger partial charge in [0.15, 0.2) is 0 Å². The molecule has 0 unspecified atom stereocenters. The summed E-state index contributed by atoms with van der Waals surface area (Å²) in [5.74, 6) is -1.22. The summed E-state index contributed by atoms with van der Waals surface area (Å²) in [6, 6.07) is 3.28. The molecular formula is C10H10ClN5O2. The minimum absolute atomic E-state index is 0.0440. The molecule has 0 spiro atoms.